The number of hydrogen-bond donors (Lipinski definition) is 0. The van der Waals surface area contributed by atoms with Crippen LogP contribution in [0, 0.1) is 6.92 Å². The number of halogens is 3. The first-order valence-electron chi connectivity index (χ1n) is 6.55. The lowest BCUT2D eigenvalue weighted by Crippen LogP contribution is -2.10. The van der Waals surface area contributed by atoms with Crippen LogP contribution < -0.4 is 4.74 Å². The minimum absolute atomic E-state index is 0.00142. The van der Waals surface area contributed by atoms with Gasteiger partial charge in [-0.15, -0.1) is 0 Å². The van der Waals surface area contributed by atoms with Crippen molar-refractivity contribution in [3.63, 3.8) is 0 Å². The largest absolute Gasteiger partial charge is 0.489 e. The maximum Gasteiger partial charge on any atom is 0.435 e. The normalized spacial score (nSPS) is 12.0. The molecule has 0 saturated carbocycles. The van der Waals surface area contributed by atoms with E-state index in [2.05, 4.69) is 5.10 Å². The van der Waals surface area contributed by atoms with Crippen LogP contribution in [0.25, 0.3) is 11.0 Å². The molecule has 0 radical (unpaired) electrons. The van der Waals surface area contributed by atoms with Crippen molar-refractivity contribution in [3.8, 4) is 5.75 Å². The topological polar surface area (TPSA) is 40.2 Å². The fourth-order valence-corrected chi connectivity index (χ4v) is 2.29. The van der Waals surface area contributed by atoms with E-state index in [-0.39, 0.29) is 12.2 Å². The van der Waals surface area contributed by atoms with Crippen LogP contribution in [0.1, 0.15) is 17.0 Å². The molecule has 2 heterocycles. The Hall–Kier alpha value is -2.44. The van der Waals surface area contributed by atoms with Gasteiger partial charge in [-0.25, -0.2) is 0 Å². The Labute approximate surface area is 124 Å². The quantitative estimate of drug-likeness (QED) is 0.732. The van der Waals surface area contributed by atoms with Crippen molar-refractivity contribution in [1.82, 2.24) is 9.78 Å². The molecule has 0 aliphatic rings. The van der Waals surface area contributed by atoms with Crippen molar-refractivity contribution >= 4 is 11.0 Å². The van der Waals surface area contributed by atoms with Gasteiger partial charge in [0, 0.05) is 24.2 Å². The summed E-state index contributed by atoms with van der Waals surface area (Å²) < 4.78 is 50.6. The van der Waals surface area contributed by atoms with Crippen LogP contribution >= 0.6 is 0 Å². The van der Waals surface area contributed by atoms with Gasteiger partial charge in [0.05, 0.1) is 0 Å². The van der Waals surface area contributed by atoms with Gasteiger partial charge in [0.25, 0.3) is 0 Å². The van der Waals surface area contributed by atoms with E-state index >= 15 is 0 Å². The fraction of sp³-hybridized carbons (Fsp3) is 0.267. The van der Waals surface area contributed by atoms with Gasteiger partial charge in [0.1, 0.15) is 23.7 Å². The average Bonchev–Trinajstić information content (AvgIpc) is 2.97. The smallest absolute Gasteiger partial charge is 0.435 e. The van der Waals surface area contributed by atoms with Crippen molar-refractivity contribution in [2.45, 2.75) is 19.7 Å². The molecule has 3 rings (SSSR count). The van der Waals surface area contributed by atoms with Crippen LogP contribution in [0.4, 0.5) is 13.2 Å². The summed E-state index contributed by atoms with van der Waals surface area (Å²) in [6.45, 7) is 1.62. The molecule has 22 heavy (non-hydrogen) atoms. The lowest BCUT2D eigenvalue weighted by atomic mass is 10.2. The second-order valence-electron chi connectivity index (χ2n) is 5.02. The Balaban J connectivity index is 1.82. The maximum atomic E-state index is 12.9. The summed E-state index contributed by atoms with van der Waals surface area (Å²) in [5.74, 6) is 1.24. The summed E-state index contributed by atoms with van der Waals surface area (Å²) in [5, 5.41) is 4.29. The standard InChI is InChI=1S/C15H13F3N2O2/c1-9-5-10-6-12(3-4-13(10)22-9)21-8-11-7-20(2)19-14(11)15(16,17)18/h3-7H,8H2,1-2H3. The summed E-state index contributed by atoms with van der Waals surface area (Å²) in [5.41, 5.74) is -0.212. The Bertz CT molecular complexity index is 818. The second kappa shape index (κ2) is 5.08. The van der Waals surface area contributed by atoms with Gasteiger partial charge in [-0.3, -0.25) is 4.68 Å². The molecule has 0 unspecified atom stereocenters. The molecule has 3 aromatic rings. The monoisotopic (exact) mass is 310 g/mol. The van der Waals surface area contributed by atoms with Crippen molar-refractivity contribution in [2.75, 3.05) is 0 Å². The van der Waals surface area contributed by atoms with Crippen molar-refractivity contribution in [3.05, 3.63) is 47.5 Å². The van der Waals surface area contributed by atoms with E-state index in [4.69, 9.17) is 9.15 Å². The van der Waals surface area contributed by atoms with Crippen LogP contribution in [0.5, 0.6) is 5.75 Å². The van der Waals surface area contributed by atoms with Crippen LogP contribution in [-0.4, -0.2) is 9.78 Å². The minimum Gasteiger partial charge on any atom is -0.489 e. The van der Waals surface area contributed by atoms with E-state index in [1.54, 1.807) is 18.2 Å². The SMILES string of the molecule is Cc1cc2cc(OCc3cn(C)nc3C(F)(F)F)ccc2o1. The number of rotatable bonds is 3. The van der Waals surface area contributed by atoms with Gasteiger partial charge in [-0.2, -0.15) is 18.3 Å². The third kappa shape index (κ3) is 2.79. The molecule has 0 bridgehead atoms. The lowest BCUT2D eigenvalue weighted by molar-refractivity contribution is -0.142. The second-order valence-corrected chi connectivity index (χ2v) is 5.02. The van der Waals surface area contributed by atoms with E-state index in [1.807, 2.05) is 13.0 Å². The van der Waals surface area contributed by atoms with Gasteiger partial charge in [-0.1, -0.05) is 0 Å². The highest BCUT2D eigenvalue weighted by Crippen LogP contribution is 2.31. The molecule has 7 heteroatoms. The number of hydrogen-bond acceptors (Lipinski definition) is 3. The zero-order valence-electron chi connectivity index (χ0n) is 11.9. The molecular weight excluding hydrogens is 297 g/mol. The van der Waals surface area contributed by atoms with Crippen LogP contribution in [0.15, 0.2) is 34.9 Å². The maximum absolute atomic E-state index is 12.9. The van der Waals surface area contributed by atoms with Gasteiger partial charge >= 0.3 is 6.18 Å². The van der Waals surface area contributed by atoms with Crippen molar-refractivity contribution < 1.29 is 22.3 Å². The number of furan rings is 1. The molecule has 0 aliphatic carbocycles. The summed E-state index contributed by atoms with van der Waals surface area (Å²) in [6.07, 6.45) is -3.19. The predicted octanol–water partition coefficient (Wildman–Crippen LogP) is 4.07. The van der Waals surface area contributed by atoms with E-state index in [9.17, 15) is 13.2 Å². The number of aromatic nitrogens is 2. The predicted molar refractivity (Wildman–Crippen MR) is 73.5 cm³/mol. The third-order valence-corrected chi connectivity index (χ3v) is 3.18. The van der Waals surface area contributed by atoms with Gasteiger partial charge in [0.2, 0.25) is 0 Å². The summed E-state index contributed by atoms with van der Waals surface area (Å²) >= 11 is 0. The Morgan fingerprint density at radius 1 is 1.27 bits per heavy atom. The van der Waals surface area contributed by atoms with E-state index in [1.165, 1.54) is 13.2 Å². The molecule has 2 aromatic heterocycles. The van der Waals surface area contributed by atoms with Crippen LogP contribution in [0.3, 0.4) is 0 Å². The summed E-state index contributed by atoms with van der Waals surface area (Å²) in [4.78, 5) is 0. The zero-order chi connectivity index (χ0) is 15.9. The highest BCUT2D eigenvalue weighted by atomic mass is 19.4. The first-order valence-corrected chi connectivity index (χ1v) is 6.55. The summed E-state index contributed by atoms with van der Waals surface area (Å²) in [7, 11) is 1.44. The van der Waals surface area contributed by atoms with E-state index in [0.29, 0.717) is 11.3 Å². The average molecular weight is 310 g/mol. The number of alkyl halides is 3. The Morgan fingerprint density at radius 2 is 2.05 bits per heavy atom. The van der Waals surface area contributed by atoms with Crippen molar-refractivity contribution in [1.29, 1.82) is 0 Å². The number of fused-ring (bicyclic) bond motifs is 1. The molecule has 116 valence electrons. The molecule has 0 spiro atoms. The van der Waals surface area contributed by atoms with Gasteiger partial charge < -0.3 is 9.15 Å². The highest BCUT2D eigenvalue weighted by molar-refractivity contribution is 5.79. The van der Waals surface area contributed by atoms with Crippen LogP contribution in [0.2, 0.25) is 0 Å². The molecule has 1 aromatic carbocycles. The van der Waals surface area contributed by atoms with Crippen molar-refractivity contribution in [2.24, 2.45) is 7.05 Å². The Morgan fingerprint density at radius 3 is 2.77 bits per heavy atom. The highest BCUT2D eigenvalue weighted by Gasteiger charge is 2.37. The molecule has 0 atom stereocenters. The molecule has 0 N–H and O–H groups in total. The van der Waals surface area contributed by atoms with Gasteiger partial charge in [-0.05, 0) is 31.2 Å². The van der Waals surface area contributed by atoms with Crippen LogP contribution in [-0.2, 0) is 19.8 Å². The lowest BCUT2D eigenvalue weighted by Gasteiger charge is -2.08. The molecule has 4 nitrogen and oxygen atoms in total. The molecular formula is C15H13F3N2O2. The third-order valence-electron chi connectivity index (χ3n) is 3.18. The number of aryl methyl sites for hydroxylation is 2. The fourth-order valence-electron chi connectivity index (χ4n) is 2.29. The zero-order valence-corrected chi connectivity index (χ0v) is 11.9. The Kier molecular flexibility index (Phi) is 3.35. The molecule has 0 saturated heterocycles. The summed E-state index contributed by atoms with van der Waals surface area (Å²) in [6, 6.07) is 6.96. The minimum atomic E-state index is -4.49. The van der Waals surface area contributed by atoms with E-state index < -0.39 is 11.9 Å². The molecule has 0 amide bonds. The van der Waals surface area contributed by atoms with E-state index in [0.717, 1.165) is 15.8 Å². The van der Waals surface area contributed by atoms with Gasteiger partial charge in [0.15, 0.2) is 5.69 Å². The first kappa shape index (κ1) is 14.5. The molecule has 0 fully saturated rings. The number of ether oxygens (including phenoxy) is 1. The first-order chi connectivity index (χ1) is 10.3. The molecule has 0 aliphatic heterocycles. The number of benzene rings is 1. The number of nitrogens with zero attached hydrogens (tertiary/aromatic N) is 2.